The van der Waals surface area contributed by atoms with Crippen LogP contribution in [0.5, 0.6) is 0 Å². The number of hydrogen-bond acceptors (Lipinski definition) is 4. The van der Waals surface area contributed by atoms with Crippen LogP contribution in [0.15, 0.2) is 36.5 Å². The maximum absolute atomic E-state index is 12.5. The highest BCUT2D eigenvalue weighted by molar-refractivity contribution is 6.40. The Morgan fingerprint density at radius 3 is 2.92 bits per heavy atom. The van der Waals surface area contributed by atoms with Crippen LogP contribution in [0.4, 0.5) is 5.69 Å². The van der Waals surface area contributed by atoms with E-state index < -0.39 is 11.8 Å². The third-order valence-corrected chi connectivity index (χ3v) is 4.43. The van der Waals surface area contributed by atoms with E-state index in [0.29, 0.717) is 24.2 Å². The molecule has 0 radical (unpaired) electrons. The SMILES string of the molecule is O=C(Nc1cccc2cccnc12)C(=O)N1CCCCC1CCO. The number of nitrogens with zero attached hydrogens (tertiary/aromatic N) is 2. The molecule has 1 fully saturated rings. The number of fused-ring (bicyclic) bond motifs is 1. The summed E-state index contributed by atoms with van der Waals surface area (Å²) in [5, 5.41) is 12.8. The van der Waals surface area contributed by atoms with E-state index in [1.165, 1.54) is 0 Å². The molecule has 6 nitrogen and oxygen atoms in total. The minimum Gasteiger partial charge on any atom is -0.396 e. The van der Waals surface area contributed by atoms with Crippen molar-refractivity contribution >= 4 is 28.4 Å². The first-order valence-electron chi connectivity index (χ1n) is 8.27. The number of benzene rings is 1. The average Bonchev–Trinajstić information content (AvgIpc) is 2.62. The van der Waals surface area contributed by atoms with Gasteiger partial charge < -0.3 is 15.3 Å². The quantitative estimate of drug-likeness (QED) is 0.844. The Balaban J connectivity index is 1.77. The highest BCUT2D eigenvalue weighted by atomic mass is 16.3. The van der Waals surface area contributed by atoms with E-state index in [2.05, 4.69) is 10.3 Å². The van der Waals surface area contributed by atoms with Crippen LogP contribution in [0.3, 0.4) is 0 Å². The van der Waals surface area contributed by atoms with Gasteiger partial charge in [0.1, 0.15) is 0 Å². The Morgan fingerprint density at radius 2 is 2.08 bits per heavy atom. The lowest BCUT2D eigenvalue weighted by Gasteiger charge is -2.35. The standard InChI is InChI=1S/C18H21N3O3/c22-12-9-14-7-1-2-11-21(14)18(24)17(23)20-15-8-3-5-13-6-4-10-19-16(13)15/h3-6,8,10,14,22H,1-2,7,9,11-12H2,(H,20,23). The number of hydrogen-bond donors (Lipinski definition) is 2. The minimum atomic E-state index is -0.655. The molecular formula is C18H21N3O3. The molecule has 0 bridgehead atoms. The lowest BCUT2D eigenvalue weighted by molar-refractivity contribution is -0.146. The molecule has 6 heteroatoms. The molecule has 2 aromatic rings. The molecule has 1 unspecified atom stereocenters. The normalized spacial score (nSPS) is 17.7. The number of pyridine rings is 1. The van der Waals surface area contributed by atoms with Crippen LogP contribution in [-0.4, -0.2) is 46.0 Å². The van der Waals surface area contributed by atoms with Crippen LogP contribution < -0.4 is 5.32 Å². The van der Waals surface area contributed by atoms with E-state index in [9.17, 15) is 9.59 Å². The molecule has 0 saturated carbocycles. The van der Waals surface area contributed by atoms with Gasteiger partial charge in [0.05, 0.1) is 11.2 Å². The Kier molecular flexibility index (Phi) is 5.05. The van der Waals surface area contributed by atoms with Crippen molar-refractivity contribution in [1.29, 1.82) is 0 Å². The highest BCUT2D eigenvalue weighted by Crippen LogP contribution is 2.22. The fourth-order valence-corrected chi connectivity index (χ4v) is 3.23. The number of anilines is 1. The van der Waals surface area contributed by atoms with Crippen LogP contribution >= 0.6 is 0 Å². The lowest BCUT2D eigenvalue weighted by Crippen LogP contribution is -2.48. The summed E-state index contributed by atoms with van der Waals surface area (Å²) in [6, 6.07) is 9.13. The van der Waals surface area contributed by atoms with Gasteiger partial charge in [-0.25, -0.2) is 0 Å². The van der Waals surface area contributed by atoms with E-state index in [0.717, 1.165) is 24.6 Å². The van der Waals surface area contributed by atoms with Crippen molar-refractivity contribution in [3.63, 3.8) is 0 Å². The number of aliphatic hydroxyl groups excluding tert-OH is 1. The summed E-state index contributed by atoms with van der Waals surface area (Å²) in [7, 11) is 0. The first-order valence-corrected chi connectivity index (χ1v) is 8.27. The molecule has 2 N–H and O–H groups in total. The number of carbonyl (C=O) groups excluding carboxylic acids is 2. The monoisotopic (exact) mass is 327 g/mol. The number of aliphatic hydroxyl groups is 1. The van der Waals surface area contributed by atoms with Crippen LogP contribution in [0.1, 0.15) is 25.7 Å². The topological polar surface area (TPSA) is 82.5 Å². The van der Waals surface area contributed by atoms with E-state index >= 15 is 0 Å². The predicted octanol–water partition coefficient (Wildman–Crippen LogP) is 1.94. The second-order valence-corrected chi connectivity index (χ2v) is 6.00. The maximum atomic E-state index is 12.5. The maximum Gasteiger partial charge on any atom is 0.313 e. The summed E-state index contributed by atoms with van der Waals surface area (Å²) in [6.07, 6.45) is 4.89. The van der Waals surface area contributed by atoms with Crippen LogP contribution in [0.25, 0.3) is 10.9 Å². The van der Waals surface area contributed by atoms with Gasteiger partial charge in [-0.3, -0.25) is 14.6 Å². The number of para-hydroxylation sites is 1. The summed E-state index contributed by atoms with van der Waals surface area (Å²) in [4.78, 5) is 30.8. The van der Waals surface area contributed by atoms with Gasteiger partial charge in [-0.15, -0.1) is 0 Å². The number of rotatable bonds is 3. The zero-order chi connectivity index (χ0) is 16.9. The first kappa shape index (κ1) is 16.4. The molecule has 0 spiro atoms. The van der Waals surface area contributed by atoms with Gasteiger partial charge in [-0.2, -0.15) is 0 Å². The van der Waals surface area contributed by atoms with Crippen LogP contribution in [0.2, 0.25) is 0 Å². The molecule has 2 heterocycles. The second-order valence-electron chi connectivity index (χ2n) is 6.00. The molecule has 1 aliphatic heterocycles. The van der Waals surface area contributed by atoms with Gasteiger partial charge in [0.25, 0.3) is 0 Å². The van der Waals surface area contributed by atoms with Gasteiger partial charge in [0, 0.05) is 30.8 Å². The molecule has 3 rings (SSSR count). The largest absolute Gasteiger partial charge is 0.396 e. The van der Waals surface area contributed by atoms with Gasteiger partial charge in [-0.05, 0) is 37.8 Å². The number of piperidine rings is 1. The highest BCUT2D eigenvalue weighted by Gasteiger charge is 2.30. The first-order chi connectivity index (χ1) is 11.7. The number of nitrogens with one attached hydrogen (secondary N) is 1. The Labute approximate surface area is 140 Å². The van der Waals surface area contributed by atoms with Gasteiger partial charge >= 0.3 is 11.8 Å². The molecule has 2 amide bonds. The zero-order valence-corrected chi connectivity index (χ0v) is 13.4. The molecule has 1 aromatic carbocycles. The van der Waals surface area contributed by atoms with Crippen molar-refractivity contribution in [2.24, 2.45) is 0 Å². The van der Waals surface area contributed by atoms with E-state index in [1.807, 2.05) is 24.3 Å². The predicted molar refractivity (Wildman–Crippen MR) is 91.4 cm³/mol. The van der Waals surface area contributed by atoms with Crippen LogP contribution in [-0.2, 0) is 9.59 Å². The number of carbonyl (C=O) groups is 2. The molecule has 1 saturated heterocycles. The fraction of sp³-hybridized carbons (Fsp3) is 0.389. The Hall–Kier alpha value is -2.47. The molecule has 126 valence electrons. The molecule has 24 heavy (non-hydrogen) atoms. The fourth-order valence-electron chi connectivity index (χ4n) is 3.23. The average molecular weight is 327 g/mol. The molecule has 1 aromatic heterocycles. The summed E-state index contributed by atoms with van der Waals surface area (Å²) < 4.78 is 0. The Morgan fingerprint density at radius 1 is 1.25 bits per heavy atom. The summed E-state index contributed by atoms with van der Waals surface area (Å²) in [6.45, 7) is 0.577. The van der Waals surface area contributed by atoms with Crippen molar-refractivity contribution in [2.75, 3.05) is 18.5 Å². The summed E-state index contributed by atoms with van der Waals surface area (Å²) in [5.74, 6) is -1.20. The Bertz CT molecular complexity index is 740. The van der Waals surface area contributed by atoms with E-state index in [1.54, 1.807) is 17.2 Å². The molecular weight excluding hydrogens is 306 g/mol. The number of likely N-dealkylation sites (tertiary alicyclic amines) is 1. The van der Waals surface area contributed by atoms with Crippen molar-refractivity contribution < 1.29 is 14.7 Å². The smallest absolute Gasteiger partial charge is 0.313 e. The number of amides is 2. The lowest BCUT2D eigenvalue weighted by atomic mass is 9.99. The third-order valence-electron chi connectivity index (χ3n) is 4.43. The summed E-state index contributed by atoms with van der Waals surface area (Å²) in [5.41, 5.74) is 1.19. The zero-order valence-electron chi connectivity index (χ0n) is 13.4. The van der Waals surface area contributed by atoms with Crippen molar-refractivity contribution in [3.05, 3.63) is 36.5 Å². The van der Waals surface area contributed by atoms with Crippen molar-refractivity contribution in [2.45, 2.75) is 31.7 Å². The minimum absolute atomic E-state index is 0.0172. The number of aromatic nitrogens is 1. The second kappa shape index (κ2) is 7.40. The van der Waals surface area contributed by atoms with Crippen molar-refractivity contribution in [3.8, 4) is 0 Å². The van der Waals surface area contributed by atoms with Gasteiger partial charge in [-0.1, -0.05) is 18.2 Å². The van der Waals surface area contributed by atoms with E-state index in [-0.39, 0.29) is 12.6 Å². The molecule has 1 aliphatic rings. The van der Waals surface area contributed by atoms with E-state index in [4.69, 9.17) is 5.11 Å². The molecule has 1 atom stereocenters. The summed E-state index contributed by atoms with van der Waals surface area (Å²) >= 11 is 0. The van der Waals surface area contributed by atoms with Gasteiger partial charge in [0.2, 0.25) is 0 Å². The van der Waals surface area contributed by atoms with Crippen molar-refractivity contribution in [1.82, 2.24) is 9.88 Å². The third kappa shape index (κ3) is 3.38. The van der Waals surface area contributed by atoms with Gasteiger partial charge in [0.15, 0.2) is 0 Å². The van der Waals surface area contributed by atoms with Crippen LogP contribution in [0, 0.1) is 0 Å². The molecule has 0 aliphatic carbocycles.